The first-order chi connectivity index (χ1) is 9.54. The summed E-state index contributed by atoms with van der Waals surface area (Å²) in [5.41, 5.74) is 0.224. The van der Waals surface area contributed by atoms with E-state index in [-0.39, 0.29) is 12.2 Å². The molecule has 1 saturated carbocycles. The van der Waals surface area contributed by atoms with E-state index >= 15 is 0 Å². The summed E-state index contributed by atoms with van der Waals surface area (Å²) >= 11 is 3.28. The highest BCUT2D eigenvalue weighted by Crippen LogP contribution is 2.49. The molecule has 0 unspecified atom stereocenters. The van der Waals surface area contributed by atoms with Crippen molar-refractivity contribution in [2.24, 2.45) is 0 Å². The molecule has 0 amide bonds. The third-order valence-electron chi connectivity index (χ3n) is 3.45. The van der Waals surface area contributed by atoms with Gasteiger partial charge in [0.25, 0.3) is 11.6 Å². The van der Waals surface area contributed by atoms with E-state index in [1.807, 2.05) is 0 Å². The number of esters is 1. The average molecular weight is 341 g/mol. The van der Waals surface area contributed by atoms with Crippen LogP contribution in [0.4, 0.5) is 0 Å². The van der Waals surface area contributed by atoms with Gasteiger partial charge in [-0.25, -0.2) is 4.79 Å². The first-order valence-corrected chi connectivity index (χ1v) is 7.27. The largest absolute Gasteiger partial charge is 0.460 e. The molecule has 0 N–H and O–H groups in total. The number of ether oxygens (including phenoxy) is 3. The van der Waals surface area contributed by atoms with Crippen molar-refractivity contribution in [3.63, 3.8) is 0 Å². The summed E-state index contributed by atoms with van der Waals surface area (Å²) in [5, 5.41) is 0. The lowest BCUT2D eigenvalue weighted by Gasteiger charge is -2.35. The van der Waals surface area contributed by atoms with Crippen LogP contribution in [0.15, 0.2) is 16.6 Å². The predicted octanol–water partition coefficient (Wildman–Crippen LogP) is 2.85. The number of carbonyl (C=O) groups is 2. The maximum Gasteiger partial charge on any atom is 0.379 e. The van der Waals surface area contributed by atoms with Crippen molar-refractivity contribution in [1.29, 1.82) is 0 Å². The molecule has 1 aliphatic heterocycles. The second kappa shape index (κ2) is 4.77. The average Bonchev–Trinajstić information content (AvgIpc) is 2.76. The van der Waals surface area contributed by atoms with Crippen LogP contribution in [-0.2, 0) is 9.53 Å². The number of fused-ring (bicyclic) bond motifs is 1. The number of ketones is 1. The van der Waals surface area contributed by atoms with Crippen LogP contribution in [-0.4, -0.2) is 24.1 Å². The number of benzene rings is 1. The highest BCUT2D eigenvalue weighted by Gasteiger charge is 2.47. The quantitative estimate of drug-likeness (QED) is 0.481. The molecule has 1 fully saturated rings. The molecule has 6 heteroatoms. The molecule has 2 aliphatic rings. The minimum atomic E-state index is -0.870. The molecule has 0 saturated heterocycles. The first-order valence-electron chi connectivity index (χ1n) is 6.48. The Morgan fingerprint density at radius 3 is 2.50 bits per heavy atom. The Balaban J connectivity index is 1.90. The lowest BCUT2D eigenvalue weighted by Crippen LogP contribution is -2.45. The molecule has 0 aromatic heterocycles. The fourth-order valence-corrected chi connectivity index (χ4v) is 2.77. The normalized spacial score (nSPS) is 17.7. The van der Waals surface area contributed by atoms with Crippen LogP contribution in [0.5, 0.6) is 11.5 Å². The van der Waals surface area contributed by atoms with Crippen molar-refractivity contribution >= 4 is 27.7 Å². The van der Waals surface area contributed by atoms with Crippen molar-refractivity contribution in [3.8, 4) is 11.5 Å². The molecular weight excluding hydrogens is 328 g/mol. The second-order valence-electron chi connectivity index (χ2n) is 4.80. The number of rotatable bonds is 3. The predicted molar refractivity (Wildman–Crippen MR) is 72.9 cm³/mol. The topological polar surface area (TPSA) is 61.8 Å². The zero-order valence-electron chi connectivity index (χ0n) is 10.9. The lowest BCUT2D eigenvalue weighted by molar-refractivity contribution is -0.138. The van der Waals surface area contributed by atoms with E-state index in [0.29, 0.717) is 16.0 Å². The zero-order chi connectivity index (χ0) is 14.3. The van der Waals surface area contributed by atoms with Gasteiger partial charge < -0.3 is 14.2 Å². The van der Waals surface area contributed by atoms with Gasteiger partial charge in [-0.1, -0.05) is 0 Å². The van der Waals surface area contributed by atoms with Crippen LogP contribution >= 0.6 is 15.9 Å². The van der Waals surface area contributed by atoms with Crippen LogP contribution < -0.4 is 9.47 Å². The summed E-state index contributed by atoms with van der Waals surface area (Å²) in [7, 11) is 0. The standard InChI is InChI=1S/C14H13BrO5/c1-2-18-13(17)12(16)8-6-10-11(7-9(8)15)20-14(19-10)4-3-5-14/h6-7H,2-5H2,1H3. The van der Waals surface area contributed by atoms with Gasteiger partial charge in [-0.2, -0.15) is 0 Å². The molecule has 5 nitrogen and oxygen atoms in total. The number of hydrogen-bond acceptors (Lipinski definition) is 5. The number of carbonyl (C=O) groups excluding carboxylic acids is 2. The van der Waals surface area contributed by atoms with Crippen LogP contribution in [0.25, 0.3) is 0 Å². The maximum atomic E-state index is 12.0. The summed E-state index contributed by atoms with van der Waals surface area (Å²) in [5.74, 6) is -1.03. The van der Waals surface area contributed by atoms with Crippen LogP contribution in [0.1, 0.15) is 36.5 Å². The van der Waals surface area contributed by atoms with Gasteiger partial charge in [0.15, 0.2) is 11.5 Å². The van der Waals surface area contributed by atoms with E-state index in [4.69, 9.17) is 14.2 Å². The molecular formula is C14H13BrO5. The van der Waals surface area contributed by atoms with Gasteiger partial charge >= 0.3 is 5.97 Å². The maximum absolute atomic E-state index is 12.0. The van der Waals surface area contributed by atoms with Crippen LogP contribution in [0, 0.1) is 0 Å². The zero-order valence-corrected chi connectivity index (χ0v) is 12.5. The number of halogens is 1. The van der Waals surface area contributed by atoms with Gasteiger partial charge in [-0.05, 0) is 41.4 Å². The summed E-state index contributed by atoms with van der Waals surface area (Å²) in [6, 6.07) is 3.20. The van der Waals surface area contributed by atoms with Crippen LogP contribution in [0.2, 0.25) is 0 Å². The summed E-state index contributed by atoms with van der Waals surface area (Å²) in [4.78, 5) is 23.5. The van der Waals surface area contributed by atoms with Crippen molar-refractivity contribution in [2.45, 2.75) is 32.0 Å². The van der Waals surface area contributed by atoms with Gasteiger partial charge in [-0.15, -0.1) is 0 Å². The molecule has 20 heavy (non-hydrogen) atoms. The smallest absolute Gasteiger partial charge is 0.379 e. The van der Waals surface area contributed by atoms with Gasteiger partial charge in [0.2, 0.25) is 0 Å². The SMILES string of the molecule is CCOC(=O)C(=O)c1cc2c(cc1Br)OC1(CCC1)O2. The molecule has 1 heterocycles. The summed E-state index contributed by atoms with van der Waals surface area (Å²) < 4.78 is 16.8. The van der Waals surface area contributed by atoms with E-state index in [1.165, 1.54) is 6.07 Å². The summed E-state index contributed by atoms with van der Waals surface area (Å²) in [6.07, 6.45) is 2.73. The van der Waals surface area contributed by atoms with Crippen molar-refractivity contribution in [3.05, 3.63) is 22.2 Å². The molecule has 1 aromatic rings. The van der Waals surface area contributed by atoms with E-state index in [0.717, 1.165) is 19.3 Å². The highest BCUT2D eigenvalue weighted by atomic mass is 79.9. The fraction of sp³-hybridized carbons (Fsp3) is 0.429. The molecule has 1 aliphatic carbocycles. The molecule has 0 radical (unpaired) electrons. The Bertz CT molecular complexity index is 591. The van der Waals surface area contributed by atoms with Crippen LogP contribution in [0.3, 0.4) is 0 Å². The van der Waals surface area contributed by atoms with Crippen molar-refractivity contribution in [2.75, 3.05) is 6.61 Å². The molecule has 1 aromatic carbocycles. The highest BCUT2D eigenvalue weighted by molar-refractivity contribution is 9.10. The van der Waals surface area contributed by atoms with E-state index in [9.17, 15) is 9.59 Å². The molecule has 3 rings (SSSR count). The Hall–Kier alpha value is -1.56. The molecule has 1 spiro atoms. The fourth-order valence-electron chi connectivity index (χ4n) is 2.27. The van der Waals surface area contributed by atoms with E-state index < -0.39 is 17.5 Å². The minimum absolute atomic E-state index is 0.163. The second-order valence-corrected chi connectivity index (χ2v) is 5.65. The number of Topliss-reactive ketones (excluding diaryl/α,β-unsaturated/α-hetero) is 1. The van der Waals surface area contributed by atoms with Gasteiger partial charge in [0, 0.05) is 22.9 Å². The Morgan fingerprint density at radius 2 is 1.95 bits per heavy atom. The van der Waals surface area contributed by atoms with Crippen molar-refractivity contribution in [1.82, 2.24) is 0 Å². The van der Waals surface area contributed by atoms with Gasteiger partial charge in [0.05, 0.1) is 6.61 Å². The molecule has 106 valence electrons. The Kier molecular flexibility index (Phi) is 3.20. The minimum Gasteiger partial charge on any atom is -0.460 e. The molecule has 0 atom stereocenters. The van der Waals surface area contributed by atoms with E-state index in [1.54, 1.807) is 13.0 Å². The first kappa shape index (κ1) is 13.4. The Morgan fingerprint density at radius 1 is 1.30 bits per heavy atom. The molecule has 0 bridgehead atoms. The van der Waals surface area contributed by atoms with E-state index in [2.05, 4.69) is 15.9 Å². The Labute approximate surface area is 124 Å². The van der Waals surface area contributed by atoms with Crippen molar-refractivity contribution < 1.29 is 23.8 Å². The lowest BCUT2D eigenvalue weighted by atomic mass is 9.91. The number of hydrogen-bond donors (Lipinski definition) is 0. The summed E-state index contributed by atoms with van der Waals surface area (Å²) in [6.45, 7) is 1.82. The van der Waals surface area contributed by atoms with Gasteiger partial charge in [0.1, 0.15) is 0 Å². The third-order valence-corrected chi connectivity index (χ3v) is 4.10. The third kappa shape index (κ3) is 2.08. The monoisotopic (exact) mass is 340 g/mol. The van der Waals surface area contributed by atoms with Gasteiger partial charge in [-0.3, -0.25) is 4.79 Å².